The van der Waals surface area contributed by atoms with Crippen LogP contribution in [-0.4, -0.2) is 58.7 Å². The van der Waals surface area contributed by atoms with Gasteiger partial charge in [-0.2, -0.15) is 9.61 Å². The molecule has 0 saturated carbocycles. The number of pyridine rings is 1. The predicted molar refractivity (Wildman–Crippen MR) is 151 cm³/mol. The molecule has 0 aliphatic rings. The van der Waals surface area contributed by atoms with Crippen LogP contribution in [0.3, 0.4) is 0 Å². The minimum absolute atomic E-state index is 0.000578. The summed E-state index contributed by atoms with van der Waals surface area (Å²) in [5.41, 5.74) is 13.0. The molecule has 0 radical (unpaired) electrons. The average Bonchev–Trinajstić information content (AvgIpc) is 3.60. The molecule has 39 heavy (non-hydrogen) atoms. The molecule has 200 valence electrons. The number of aromatic nitrogens is 7. The number of rotatable bonds is 9. The van der Waals surface area contributed by atoms with Crippen LogP contribution >= 0.6 is 0 Å². The number of nitrogens with zero attached hydrogens (tertiary/aromatic N) is 7. The highest BCUT2D eigenvalue weighted by atomic mass is 16.2. The lowest BCUT2D eigenvalue weighted by molar-refractivity contribution is 0.0707. The summed E-state index contributed by atoms with van der Waals surface area (Å²) >= 11 is 0. The number of carbonyl (C=O) groups excluding carboxylic acids is 1. The summed E-state index contributed by atoms with van der Waals surface area (Å²) in [6, 6.07) is 14.1. The summed E-state index contributed by atoms with van der Waals surface area (Å²) in [6.45, 7) is 5.92. The van der Waals surface area contributed by atoms with Crippen LogP contribution in [0.25, 0.3) is 28.0 Å². The van der Waals surface area contributed by atoms with Crippen LogP contribution in [0.5, 0.6) is 0 Å². The molecule has 10 nitrogen and oxygen atoms in total. The first kappa shape index (κ1) is 26.0. The Morgan fingerprint density at radius 3 is 2.51 bits per heavy atom. The number of nitrogen functional groups attached to an aromatic ring is 1. The van der Waals surface area contributed by atoms with Gasteiger partial charge in [-0.1, -0.05) is 50.2 Å². The molecule has 3 N–H and O–H groups in total. The van der Waals surface area contributed by atoms with Crippen molar-refractivity contribution in [3.63, 3.8) is 0 Å². The van der Waals surface area contributed by atoms with Crippen molar-refractivity contribution in [2.45, 2.75) is 52.5 Å². The maximum atomic E-state index is 12.9. The largest absolute Gasteiger partial charge is 0.383 e. The van der Waals surface area contributed by atoms with Gasteiger partial charge in [0, 0.05) is 47.2 Å². The number of aromatic amines is 1. The molecule has 0 aliphatic carbocycles. The molecule has 0 spiro atoms. The summed E-state index contributed by atoms with van der Waals surface area (Å²) in [4.78, 5) is 28.6. The first-order valence-electron chi connectivity index (χ1n) is 13.2. The first-order chi connectivity index (χ1) is 18.9. The van der Waals surface area contributed by atoms with Crippen LogP contribution in [0.1, 0.15) is 54.4 Å². The fraction of sp³-hybridized carbons (Fsp3) is 0.310. The number of benzene rings is 1. The SMILES string of the molecule is CCc1c(CCC(CC)N(C)C(=O)c2n[nH]c(C)n2)nc2c(-c3ccc(-c4ccccc4)nc3)cnn2c1N. The predicted octanol–water partition coefficient (Wildman–Crippen LogP) is 4.51. The molecule has 5 rings (SSSR count). The number of nitrogens with two attached hydrogens (primary N) is 1. The smallest absolute Gasteiger partial charge is 0.293 e. The Morgan fingerprint density at radius 2 is 1.87 bits per heavy atom. The second kappa shape index (κ2) is 11.0. The first-order valence-corrected chi connectivity index (χ1v) is 13.2. The van der Waals surface area contributed by atoms with E-state index in [0.29, 0.717) is 23.7 Å². The minimum atomic E-state index is -0.200. The highest BCUT2D eigenvalue weighted by Gasteiger charge is 2.24. The fourth-order valence-electron chi connectivity index (χ4n) is 4.96. The van der Waals surface area contributed by atoms with Gasteiger partial charge in [0.1, 0.15) is 11.6 Å². The summed E-state index contributed by atoms with van der Waals surface area (Å²) in [5, 5.41) is 11.3. The van der Waals surface area contributed by atoms with Crippen LogP contribution < -0.4 is 5.73 Å². The Labute approximate surface area is 227 Å². The number of fused-ring (bicyclic) bond motifs is 1. The van der Waals surface area contributed by atoms with Gasteiger partial charge in [-0.25, -0.2) is 9.97 Å². The van der Waals surface area contributed by atoms with Crippen molar-refractivity contribution < 1.29 is 4.79 Å². The number of amides is 1. The van der Waals surface area contributed by atoms with Crippen molar-refractivity contribution in [2.24, 2.45) is 0 Å². The highest BCUT2D eigenvalue weighted by molar-refractivity contribution is 5.90. The van der Waals surface area contributed by atoms with Crippen LogP contribution in [0.2, 0.25) is 0 Å². The normalized spacial score (nSPS) is 12.1. The van der Waals surface area contributed by atoms with Gasteiger partial charge < -0.3 is 10.6 Å². The van der Waals surface area contributed by atoms with E-state index >= 15 is 0 Å². The third-order valence-electron chi connectivity index (χ3n) is 7.21. The van der Waals surface area contributed by atoms with Crippen LogP contribution in [0, 0.1) is 6.92 Å². The number of hydrogen-bond donors (Lipinski definition) is 2. The monoisotopic (exact) mass is 523 g/mol. The molecule has 1 unspecified atom stereocenters. The molecule has 1 atom stereocenters. The summed E-state index contributed by atoms with van der Waals surface area (Å²) < 4.78 is 1.71. The summed E-state index contributed by atoms with van der Waals surface area (Å²) in [6.07, 6.45) is 6.57. The Balaban J connectivity index is 1.42. The molecule has 0 bridgehead atoms. The molecular weight excluding hydrogens is 490 g/mol. The molecule has 0 aliphatic heterocycles. The van der Waals surface area contributed by atoms with Crippen LogP contribution in [0.4, 0.5) is 5.82 Å². The van der Waals surface area contributed by atoms with Crippen LogP contribution in [-0.2, 0) is 12.8 Å². The second-order valence-electron chi connectivity index (χ2n) is 9.63. The third kappa shape index (κ3) is 5.09. The lowest BCUT2D eigenvalue weighted by Gasteiger charge is -2.26. The van der Waals surface area contributed by atoms with E-state index in [1.165, 1.54) is 0 Å². The van der Waals surface area contributed by atoms with E-state index < -0.39 is 0 Å². The zero-order chi connectivity index (χ0) is 27.5. The van der Waals surface area contributed by atoms with Crippen molar-refractivity contribution >= 4 is 17.4 Å². The second-order valence-corrected chi connectivity index (χ2v) is 9.63. The van der Waals surface area contributed by atoms with Gasteiger partial charge in [0.15, 0.2) is 5.65 Å². The molecule has 0 saturated heterocycles. The number of aryl methyl sites for hydroxylation is 2. The lowest BCUT2D eigenvalue weighted by Crippen LogP contribution is -2.37. The zero-order valence-electron chi connectivity index (χ0n) is 22.7. The van der Waals surface area contributed by atoms with Crippen molar-refractivity contribution in [2.75, 3.05) is 12.8 Å². The Bertz CT molecular complexity index is 1590. The van der Waals surface area contributed by atoms with Gasteiger partial charge >= 0.3 is 0 Å². The van der Waals surface area contributed by atoms with E-state index in [0.717, 1.165) is 52.9 Å². The van der Waals surface area contributed by atoms with Gasteiger partial charge in [0.2, 0.25) is 5.82 Å². The minimum Gasteiger partial charge on any atom is -0.383 e. The van der Waals surface area contributed by atoms with E-state index in [1.807, 2.05) is 48.7 Å². The zero-order valence-corrected chi connectivity index (χ0v) is 22.7. The number of anilines is 1. The molecule has 1 aromatic carbocycles. The topological polar surface area (TPSA) is 131 Å². The quantitative estimate of drug-likeness (QED) is 0.290. The third-order valence-corrected chi connectivity index (χ3v) is 7.21. The van der Waals surface area contributed by atoms with Gasteiger partial charge in [-0.05, 0) is 38.7 Å². The molecule has 1 amide bonds. The Kier molecular flexibility index (Phi) is 7.36. The van der Waals surface area contributed by atoms with Gasteiger partial charge in [-0.3, -0.25) is 14.9 Å². The maximum absolute atomic E-state index is 12.9. The number of carbonyl (C=O) groups is 1. The van der Waals surface area contributed by atoms with Crippen molar-refractivity contribution in [1.82, 2.24) is 39.7 Å². The molecule has 4 aromatic heterocycles. The number of hydrogen-bond acceptors (Lipinski definition) is 7. The number of nitrogens with one attached hydrogen (secondary N) is 1. The molecule has 0 fully saturated rings. The van der Waals surface area contributed by atoms with Gasteiger partial charge in [-0.15, -0.1) is 5.10 Å². The molecule has 5 aromatic rings. The van der Waals surface area contributed by atoms with E-state index in [9.17, 15) is 4.79 Å². The van der Waals surface area contributed by atoms with E-state index in [2.05, 4.69) is 39.1 Å². The lowest BCUT2D eigenvalue weighted by atomic mass is 10.0. The van der Waals surface area contributed by atoms with Gasteiger partial charge in [0.05, 0.1) is 11.9 Å². The van der Waals surface area contributed by atoms with Crippen molar-refractivity contribution in [1.29, 1.82) is 0 Å². The van der Waals surface area contributed by atoms with Gasteiger partial charge in [0.25, 0.3) is 5.91 Å². The molecular formula is C29H33N9O. The fourth-order valence-corrected chi connectivity index (χ4v) is 4.96. The average molecular weight is 524 g/mol. The van der Waals surface area contributed by atoms with E-state index in [-0.39, 0.29) is 17.8 Å². The standard InChI is InChI=1S/C29H33N9O/c1-5-21(37(4)29(39)27-33-18(3)35-36-27)13-15-25-22(6-2)26(30)38-28(34-25)23(17-32-38)20-12-14-24(31-16-20)19-10-8-7-9-11-19/h7-12,14,16-17,21H,5-6,13,15,30H2,1-4H3,(H,33,35,36). The van der Waals surface area contributed by atoms with E-state index in [1.54, 1.807) is 29.6 Å². The van der Waals surface area contributed by atoms with E-state index in [4.69, 9.17) is 10.7 Å². The summed E-state index contributed by atoms with van der Waals surface area (Å²) in [7, 11) is 1.80. The molecule has 10 heteroatoms. The van der Waals surface area contributed by atoms with Crippen molar-refractivity contribution in [3.8, 4) is 22.4 Å². The highest BCUT2D eigenvalue weighted by Crippen LogP contribution is 2.29. The maximum Gasteiger partial charge on any atom is 0.293 e. The van der Waals surface area contributed by atoms with Crippen molar-refractivity contribution in [3.05, 3.63) is 77.8 Å². The number of H-pyrrole nitrogens is 1. The Morgan fingerprint density at radius 1 is 1.08 bits per heavy atom. The summed E-state index contributed by atoms with van der Waals surface area (Å²) in [5.74, 6) is 1.19. The molecule has 4 heterocycles. The van der Waals surface area contributed by atoms with Crippen LogP contribution in [0.15, 0.2) is 54.9 Å². The Hall–Kier alpha value is -4.60.